The summed E-state index contributed by atoms with van der Waals surface area (Å²) < 4.78 is 10.7. The summed E-state index contributed by atoms with van der Waals surface area (Å²) in [4.78, 5) is 21.4. The molecule has 1 aromatic carbocycles. The van der Waals surface area contributed by atoms with Crippen molar-refractivity contribution in [3.05, 3.63) is 24.3 Å². The summed E-state index contributed by atoms with van der Waals surface area (Å²) in [5.41, 5.74) is 0.864. The smallest absolute Gasteiger partial charge is 0.324 e. The van der Waals surface area contributed by atoms with E-state index in [9.17, 15) is 4.79 Å². The van der Waals surface area contributed by atoms with Crippen molar-refractivity contribution in [3.8, 4) is 17.1 Å². The highest BCUT2D eigenvalue weighted by molar-refractivity contribution is 5.79. The molecule has 1 N–H and O–H groups in total. The topological polar surface area (TPSA) is 83.7 Å². The molecule has 1 saturated heterocycles. The first-order chi connectivity index (χ1) is 14.1. The summed E-state index contributed by atoms with van der Waals surface area (Å²) in [5.74, 6) is 1.37. The average Bonchev–Trinajstić information content (AvgIpc) is 3.27. The fourth-order valence-corrected chi connectivity index (χ4v) is 3.59. The van der Waals surface area contributed by atoms with E-state index < -0.39 is 0 Å². The van der Waals surface area contributed by atoms with E-state index in [1.54, 1.807) is 7.11 Å². The molecule has 1 aromatic heterocycles. The van der Waals surface area contributed by atoms with Crippen LogP contribution in [0.2, 0.25) is 0 Å². The Bertz CT molecular complexity index is 773. The molecule has 29 heavy (non-hydrogen) atoms. The lowest BCUT2D eigenvalue weighted by Crippen LogP contribution is -2.44. The molecule has 1 aliphatic heterocycles. The molecule has 0 saturated carbocycles. The quantitative estimate of drug-likeness (QED) is 0.691. The van der Waals surface area contributed by atoms with Crippen molar-refractivity contribution in [2.45, 2.75) is 26.7 Å². The zero-order valence-electron chi connectivity index (χ0n) is 17.6. The number of carbonyl (C=O) groups is 1. The van der Waals surface area contributed by atoms with Gasteiger partial charge in [-0.05, 0) is 50.2 Å². The molecule has 1 aliphatic rings. The number of aromatic nitrogens is 2. The summed E-state index contributed by atoms with van der Waals surface area (Å²) in [7, 11) is 1.63. The number of methoxy groups -OCH3 is 1. The summed E-state index contributed by atoms with van der Waals surface area (Å²) in [6.45, 7) is 9.23. The first kappa shape index (κ1) is 21.1. The minimum atomic E-state index is -0.0585. The number of nitrogens with one attached hydrogen (secondary N) is 1. The van der Waals surface area contributed by atoms with E-state index in [-0.39, 0.29) is 11.8 Å². The van der Waals surface area contributed by atoms with E-state index in [1.807, 2.05) is 29.2 Å². The molecule has 158 valence electrons. The van der Waals surface area contributed by atoms with Gasteiger partial charge in [-0.2, -0.15) is 4.98 Å². The second kappa shape index (κ2) is 10.2. The third-order valence-corrected chi connectivity index (χ3v) is 5.45. The summed E-state index contributed by atoms with van der Waals surface area (Å²) in [6, 6.07) is 8.00. The van der Waals surface area contributed by atoms with Gasteiger partial charge in [0, 0.05) is 31.7 Å². The van der Waals surface area contributed by atoms with Crippen molar-refractivity contribution < 1.29 is 14.1 Å². The van der Waals surface area contributed by atoms with Crippen LogP contribution in [0.1, 0.15) is 26.7 Å². The number of nitrogens with zero attached hydrogens (tertiary/aromatic N) is 4. The van der Waals surface area contributed by atoms with Crippen LogP contribution in [0.25, 0.3) is 11.4 Å². The van der Waals surface area contributed by atoms with Gasteiger partial charge in [0.2, 0.25) is 11.7 Å². The van der Waals surface area contributed by atoms with Gasteiger partial charge in [0.1, 0.15) is 5.75 Å². The number of likely N-dealkylation sites (N-methyl/N-ethyl adjacent to an activating group) is 1. The minimum Gasteiger partial charge on any atom is -0.497 e. The maximum atomic E-state index is 12.6. The summed E-state index contributed by atoms with van der Waals surface area (Å²) in [5, 5.41) is 7.18. The average molecular weight is 402 g/mol. The largest absolute Gasteiger partial charge is 0.497 e. The van der Waals surface area contributed by atoms with Gasteiger partial charge in [-0.1, -0.05) is 19.0 Å². The van der Waals surface area contributed by atoms with Crippen LogP contribution in [0.5, 0.6) is 5.75 Å². The molecule has 2 heterocycles. The molecule has 0 unspecified atom stereocenters. The zero-order valence-corrected chi connectivity index (χ0v) is 17.6. The van der Waals surface area contributed by atoms with E-state index in [1.165, 1.54) is 0 Å². The summed E-state index contributed by atoms with van der Waals surface area (Å²) >= 11 is 0. The number of hydrogen-bond acceptors (Lipinski definition) is 7. The Morgan fingerprint density at radius 2 is 2.07 bits per heavy atom. The Kier molecular flexibility index (Phi) is 7.46. The Morgan fingerprint density at radius 3 is 2.76 bits per heavy atom. The normalized spacial score (nSPS) is 16.8. The highest BCUT2D eigenvalue weighted by Crippen LogP contribution is 2.25. The van der Waals surface area contributed by atoms with E-state index in [0.29, 0.717) is 24.9 Å². The number of anilines is 1. The van der Waals surface area contributed by atoms with Crippen LogP contribution in [-0.2, 0) is 4.79 Å². The minimum absolute atomic E-state index is 0.0585. The Labute approximate surface area is 172 Å². The van der Waals surface area contributed by atoms with Crippen LogP contribution in [0, 0.1) is 5.92 Å². The number of piperidine rings is 1. The van der Waals surface area contributed by atoms with Gasteiger partial charge in [0.15, 0.2) is 0 Å². The number of hydrogen-bond donors (Lipinski definition) is 1. The molecule has 1 atom stereocenters. The van der Waals surface area contributed by atoms with Gasteiger partial charge in [-0.15, -0.1) is 0 Å². The van der Waals surface area contributed by atoms with Gasteiger partial charge >= 0.3 is 6.01 Å². The molecule has 8 heteroatoms. The molecule has 0 aliphatic carbocycles. The first-order valence-corrected chi connectivity index (χ1v) is 10.4. The van der Waals surface area contributed by atoms with Gasteiger partial charge < -0.3 is 24.4 Å². The van der Waals surface area contributed by atoms with Crippen molar-refractivity contribution >= 4 is 11.9 Å². The highest BCUT2D eigenvalue weighted by Gasteiger charge is 2.28. The lowest BCUT2D eigenvalue weighted by Gasteiger charge is -2.30. The van der Waals surface area contributed by atoms with E-state index in [4.69, 9.17) is 9.26 Å². The molecule has 8 nitrogen and oxygen atoms in total. The van der Waals surface area contributed by atoms with Crippen molar-refractivity contribution in [1.29, 1.82) is 0 Å². The van der Waals surface area contributed by atoms with Crippen LogP contribution in [-0.4, -0.2) is 67.3 Å². The fourth-order valence-electron chi connectivity index (χ4n) is 3.59. The Morgan fingerprint density at radius 1 is 1.31 bits per heavy atom. The second-order valence-corrected chi connectivity index (χ2v) is 7.23. The van der Waals surface area contributed by atoms with Crippen LogP contribution in [0.4, 0.5) is 6.01 Å². The molecule has 0 radical (unpaired) electrons. The standard InChI is InChI=1S/C21H31N5O3/c1-4-25(5-2)14-12-22-20(27)17-7-6-13-26(15-17)21-23-19(24-29-21)16-8-10-18(28-3)11-9-16/h8-11,17H,4-7,12-15H2,1-3H3,(H,22,27)/t17-/m1/s1. The van der Waals surface area contributed by atoms with Gasteiger partial charge in [0.25, 0.3) is 0 Å². The monoisotopic (exact) mass is 401 g/mol. The fraction of sp³-hybridized carbons (Fsp3) is 0.571. The predicted octanol–water partition coefficient (Wildman–Crippen LogP) is 2.42. The van der Waals surface area contributed by atoms with Crippen LogP contribution < -0.4 is 15.0 Å². The predicted molar refractivity (Wildman–Crippen MR) is 112 cm³/mol. The number of rotatable bonds is 9. The second-order valence-electron chi connectivity index (χ2n) is 7.23. The van der Waals surface area contributed by atoms with Gasteiger partial charge in [-0.25, -0.2) is 0 Å². The number of carbonyl (C=O) groups excluding carboxylic acids is 1. The van der Waals surface area contributed by atoms with Crippen LogP contribution >= 0.6 is 0 Å². The molecule has 3 rings (SSSR count). The zero-order chi connectivity index (χ0) is 20.6. The molecular formula is C21H31N5O3. The number of ether oxygens (including phenoxy) is 1. The van der Waals surface area contributed by atoms with E-state index in [0.717, 1.165) is 50.3 Å². The molecule has 0 spiro atoms. The SMILES string of the molecule is CCN(CC)CCNC(=O)[C@@H]1CCCN(c2nc(-c3ccc(OC)cc3)no2)C1. The van der Waals surface area contributed by atoms with Gasteiger partial charge in [0.05, 0.1) is 13.0 Å². The van der Waals surface area contributed by atoms with Crippen molar-refractivity contribution in [2.75, 3.05) is 51.3 Å². The van der Waals surface area contributed by atoms with Crippen molar-refractivity contribution in [2.24, 2.45) is 5.92 Å². The number of amides is 1. The van der Waals surface area contributed by atoms with Crippen molar-refractivity contribution in [3.63, 3.8) is 0 Å². The maximum absolute atomic E-state index is 12.6. The van der Waals surface area contributed by atoms with Crippen LogP contribution in [0.15, 0.2) is 28.8 Å². The Balaban J connectivity index is 1.56. The Hall–Kier alpha value is -2.61. The van der Waals surface area contributed by atoms with Crippen LogP contribution in [0.3, 0.4) is 0 Å². The molecule has 2 aromatic rings. The third kappa shape index (κ3) is 5.47. The highest BCUT2D eigenvalue weighted by atomic mass is 16.5. The van der Waals surface area contributed by atoms with E-state index >= 15 is 0 Å². The molecule has 1 amide bonds. The third-order valence-electron chi connectivity index (χ3n) is 5.45. The number of benzene rings is 1. The lowest BCUT2D eigenvalue weighted by atomic mass is 9.97. The maximum Gasteiger partial charge on any atom is 0.324 e. The molecular weight excluding hydrogens is 370 g/mol. The molecule has 0 bridgehead atoms. The first-order valence-electron chi connectivity index (χ1n) is 10.4. The summed E-state index contributed by atoms with van der Waals surface area (Å²) in [6.07, 6.45) is 1.81. The lowest BCUT2D eigenvalue weighted by molar-refractivity contribution is -0.125. The van der Waals surface area contributed by atoms with Gasteiger partial charge in [-0.3, -0.25) is 4.79 Å². The van der Waals surface area contributed by atoms with Crippen molar-refractivity contribution in [1.82, 2.24) is 20.4 Å². The van der Waals surface area contributed by atoms with E-state index in [2.05, 4.69) is 34.2 Å². The molecule has 1 fully saturated rings.